The van der Waals surface area contributed by atoms with Gasteiger partial charge in [-0.2, -0.15) is 0 Å². The number of nitrogens with zero attached hydrogens (tertiary/aromatic N) is 1. The number of nitrogens with one attached hydrogen (secondary N) is 1. The average Bonchev–Trinajstić information content (AvgIpc) is 2.46. The Balaban J connectivity index is 1.95. The first-order chi connectivity index (χ1) is 10.8. The molecule has 0 heterocycles. The summed E-state index contributed by atoms with van der Waals surface area (Å²) in [5.74, 6) is 0. The Kier molecular flexibility index (Phi) is 4.97. The van der Waals surface area contributed by atoms with E-state index < -0.39 is 14.9 Å². The van der Waals surface area contributed by atoms with Gasteiger partial charge in [-0.15, -0.1) is 0 Å². The van der Waals surface area contributed by atoms with Crippen molar-refractivity contribution < 1.29 is 13.3 Å². The lowest BCUT2D eigenvalue weighted by Gasteiger charge is -2.08. The zero-order chi connectivity index (χ0) is 17.0. The van der Waals surface area contributed by atoms with Gasteiger partial charge in [-0.1, -0.05) is 12.1 Å². The summed E-state index contributed by atoms with van der Waals surface area (Å²) >= 11 is 0. The van der Waals surface area contributed by atoms with Gasteiger partial charge in [0.2, 0.25) is 10.0 Å². The minimum Gasteiger partial charge on any atom is -0.385 e. The van der Waals surface area contributed by atoms with E-state index in [0.29, 0.717) is 18.5 Å². The third-order valence-electron chi connectivity index (χ3n) is 3.39. The van der Waals surface area contributed by atoms with Crippen LogP contribution < -0.4 is 10.5 Å². The Hall–Kier alpha value is -2.45. The molecule has 122 valence electrons. The lowest BCUT2D eigenvalue weighted by Crippen LogP contribution is -2.12. The van der Waals surface area contributed by atoms with E-state index in [1.807, 2.05) is 0 Å². The molecule has 0 aliphatic carbocycles. The summed E-state index contributed by atoms with van der Waals surface area (Å²) in [6.45, 7) is 2.31. The van der Waals surface area contributed by atoms with Crippen LogP contribution in [0.1, 0.15) is 11.1 Å². The van der Waals surface area contributed by atoms with E-state index in [-0.39, 0.29) is 10.6 Å². The van der Waals surface area contributed by atoms with Gasteiger partial charge < -0.3 is 5.32 Å². The number of aryl methyl sites for hydroxylation is 1. The Labute approximate surface area is 134 Å². The molecule has 0 aliphatic rings. The second-order valence-electron chi connectivity index (χ2n) is 5.12. The first-order valence-corrected chi connectivity index (χ1v) is 8.42. The van der Waals surface area contributed by atoms with Crippen molar-refractivity contribution in [3.8, 4) is 0 Å². The van der Waals surface area contributed by atoms with Crippen molar-refractivity contribution in [3.63, 3.8) is 0 Å². The van der Waals surface area contributed by atoms with Crippen LogP contribution in [0.3, 0.4) is 0 Å². The van der Waals surface area contributed by atoms with E-state index in [2.05, 4.69) is 5.32 Å². The number of primary sulfonamides is 1. The number of nitro benzene ring substituents is 1. The zero-order valence-electron chi connectivity index (χ0n) is 12.5. The molecule has 7 nitrogen and oxygen atoms in total. The van der Waals surface area contributed by atoms with Crippen LogP contribution in [0.25, 0.3) is 0 Å². The number of nitrogens with two attached hydrogens (primary N) is 1. The van der Waals surface area contributed by atoms with Crippen molar-refractivity contribution in [1.29, 1.82) is 0 Å². The van der Waals surface area contributed by atoms with Gasteiger partial charge in [0, 0.05) is 23.9 Å². The van der Waals surface area contributed by atoms with E-state index in [4.69, 9.17) is 5.14 Å². The van der Waals surface area contributed by atoms with Crippen molar-refractivity contribution >= 4 is 21.4 Å². The summed E-state index contributed by atoms with van der Waals surface area (Å²) < 4.78 is 22.3. The van der Waals surface area contributed by atoms with Crippen LogP contribution >= 0.6 is 0 Å². The average molecular weight is 335 g/mol. The summed E-state index contributed by atoms with van der Waals surface area (Å²) in [6.07, 6.45) is 0.681. The molecule has 0 atom stereocenters. The van der Waals surface area contributed by atoms with Crippen LogP contribution in [0.5, 0.6) is 0 Å². The second-order valence-corrected chi connectivity index (χ2v) is 6.69. The van der Waals surface area contributed by atoms with Crippen LogP contribution in [0.15, 0.2) is 47.4 Å². The normalized spacial score (nSPS) is 11.2. The molecule has 0 saturated heterocycles. The minimum atomic E-state index is -3.67. The third-order valence-corrected chi connectivity index (χ3v) is 4.32. The van der Waals surface area contributed by atoms with Gasteiger partial charge in [0.05, 0.1) is 9.82 Å². The summed E-state index contributed by atoms with van der Waals surface area (Å²) in [7, 11) is -3.67. The molecule has 0 aromatic heterocycles. The number of benzene rings is 2. The number of rotatable bonds is 6. The van der Waals surface area contributed by atoms with Crippen molar-refractivity contribution in [3.05, 3.63) is 63.7 Å². The molecular formula is C15H17N3O4S. The Morgan fingerprint density at radius 1 is 1.17 bits per heavy atom. The number of anilines is 1. The molecule has 2 rings (SSSR count). The summed E-state index contributed by atoms with van der Waals surface area (Å²) in [5.41, 5.74) is 2.45. The smallest absolute Gasteiger partial charge is 0.272 e. The van der Waals surface area contributed by atoms with Crippen LogP contribution in [0, 0.1) is 17.0 Å². The fourth-order valence-corrected chi connectivity index (χ4v) is 2.68. The van der Waals surface area contributed by atoms with Gasteiger partial charge in [0.15, 0.2) is 0 Å². The molecule has 0 bridgehead atoms. The van der Waals surface area contributed by atoms with E-state index in [1.54, 1.807) is 31.2 Å². The topological polar surface area (TPSA) is 115 Å². The molecule has 0 aliphatic heterocycles. The van der Waals surface area contributed by atoms with Crippen LogP contribution in [-0.4, -0.2) is 19.9 Å². The minimum absolute atomic E-state index is 0.0835. The molecule has 0 spiro atoms. The standard InChI is InChI=1S/C15H17N3O4S/c1-11-10-13(4-7-15(11)18(19)20)17-9-8-12-2-5-14(6-3-12)23(16,21)22/h2-7,10,17H,8-9H2,1H3,(H2,16,21,22). The summed E-state index contributed by atoms with van der Waals surface area (Å²) in [5, 5.41) is 19.0. The lowest BCUT2D eigenvalue weighted by atomic mass is 10.1. The molecule has 3 N–H and O–H groups in total. The van der Waals surface area contributed by atoms with Crippen molar-refractivity contribution in [2.24, 2.45) is 5.14 Å². The van der Waals surface area contributed by atoms with E-state index in [9.17, 15) is 18.5 Å². The summed E-state index contributed by atoms with van der Waals surface area (Å²) in [4.78, 5) is 10.4. The number of nitro groups is 1. The predicted octanol–water partition coefficient (Wildman–Crippen LogP) is 2.21. The van der Waals surface area contributed by atoms with Crippen LogP contribution in [-0.2, 0) is 16.4 Å². The Morgan fingerprint density at radius 3 is 2.35 bits per heavy atom. The van der Waals surface area contributed by atoms with Crippen molar-refractivity contribution in [1.82, 2.24) is 0 Å². The van der Waals surface area contributed by atoms with E-state index in [0.717, 1.165) is 11.3 Å². The monoisotopic (exact) mass is 335 g/mol. The zero-order valence-corrected chi connectivity index (χ0v) is 13.3. The maximum Gasteiger partial charge on any atom is 0.272 e. The van der Waals surface area contributed by atoms with Gasteiger partial charge in [-0.3, -0.25) is 10.1 Å². The number of hydrogen-bond donors (Lipinski definition) is 2. The molecule has 8 heteroatoms. The largest absolute Gasteiger partial charge is 0.385 e. The van der Waals surface area contributed by atoms with Crippen LogP contribution in [0.2, 0.25) is 0 Å². The highest BCUT2D eigenvalue weighted by Crippen LogP contribution is 2.21. The molecule has 0 amide bonds. The van der Waals surface area contributed by atoms with Gasteiger partial charge >= 0.3 is 0 Å². The van der Waals surface area contributed by atoms with Crippen molar-refractivity contribution in [2.75, 3.05) is 11.9 Å². The fourth-order valence-electron chi connectivity index (χ4n) is 2.17. The van der Waals surface area contributed by atoms with Crippen molar-refractivity contribution in [2.45, 2.75) is 18.2 Å². The first-order valence-electron chi connectivity index (χ1n) is 6.88. The maximum absolute atomic E-state index is 11.2. The van der Waals surface area contributed by atoms with E-state index in [1.165, 1.54) is 18.2 Å². The summed E-state index contributed by atoms with van der Waals surface area (Å²) in [6, 6.07) is 11.2. The highest BCUT2D eigenvalue weighted by molar-refractivity contribution is 7.89. The molecule has 0 fully saturated rings. The molecule has 0 saturated carbocycles. The van der Waals surface area contributed by atoms with Crippen LogP contribution in [0.4, 0.5) is 11.4 Å². The van der Waals surface area contributed by atoms with Gasteiger partial charge in [-0.25, -0.2) is 13.6 Å². The highest BCUT2D eigenvalue weighted by Gasteiger charge is 2.10. The molecule has 23 heavy (non-hydrogen) atoms. The van der Waals surface area contributed by atoms with Gasteiger partial charge in [-0.05, 0) is 43.2 Å². The predicted molar refractivity (Wildman–Crippen MR) is 87.8 cm³/mol. The number of sulfonamides is 1. The Morgan fingerprint density at radius 2 is 1.83 bits per heavy atom. The molecule has 0 unspecified atom stereocenters. The molecular weight excluding hydrogens is 318 g/mol. The SMILES string of the molecule is Cc1cc(NCCc2ccc(S(N)(=O)=O)cc2)ccc1[N+](=O)[O-]. The second kappa shape index (κ2) is 6.76. The van der Waals surface area contributed by atoms with E-state index >= 15 is 0 Å². The maximum atomic E-state index is 11.2. The fraction of sp³-hybridized carbons (Fsp3) is 0.200. The third kappa shape index (κ3) is 4.51. The molecule has 2 aromatic rings. The highest BCUT2D eigenvalue weighted by atomic mass is 32.2. The Bertz CT molecular complexity index is 817. The molecule has 0 radical (unpaired) electrons. The lowest BCUT2D eigenvalue weighted by molar-refractivity contribution is -0.385. The quantitative estimate of drug-likeness (QED) is 0.620. The van der Waals surface area contributed by atoms with Gasteiger partial charge in [0.25, 0.3) is 5.69 Å². The first kappa shape index (κ1) is 16.9. The number of hydrogen-bond acceptors (Lipinski definition) is 5. The van der Waals surface area contributed by atoms with Gasteiger partial charge in [0.1, 0.15) is 0 Å². The molecule has 2 aromatic carbocycles.